The first-order valence-electron chi connectivity index (χ1n) is 4.69. The smallest absolute Gasteiger partial charge is 0.404 e. The summed E-state index contributed by atoms with van der Waals surface area (Å²) in [7, 11) is 0. The van der Waals surface area contributed by atoms with E-state index in [1.54, 1.807) is 0 Å². The molecule has 0 aromatic carbocycles. The summed E-state index contributed by atoms with van der Waals surface area (Å²) < 4.78 is 5.05. The van der Waals surface area contributed by atoms with Gasteiger partial charge < -0.3 is 14.9 Å². The molecule has 0 aliphatic heterocycles. The lowest BCUT2D eigenvalue weighted by atomic mass is 9.97. The Bertz CT molecular complexity index is 341. The van der Waals surface area contributed by atoms with Crippen LogP contribution in [0.3, 0.4) is 0 Å². The second-order valence-electron chi connectivity index (χ2n) is 4.25. The van der Waals surface area contributed by atoms with E-state index < -0.39 is 6.09 Å². The zero-order valence-electron chi connectivity index (χ0n) is 9.07. The van der Waals surface area contributed by atoms with Gasteiger partial charge in [0.15, 0.2) is 5.82 Å². The van der Waals surface area contributed by atoms with Crippen LogP contribution >= 0.6 is 0 Å². The van der Waals surface area contributed by atoms with Crippen molar-refractivity contribution in [3.63, 3.8) is 0 Å². The molecule has 84 valence electrons. The third kappa shape index (κ3) is 3.57. The fraction of sp³-hybridized carbons (Fsp3) is 0.667. The number of hydrogen-bond acceptors (Lipinski definition) is 4. The van der Waals surface area contributed by atoms with E-state index in [-0.39, 0.29) is 5.41 Å². The molecule has 15 heavy (non-hydrogen) atoms. The van der Waals surface area contributed by atoms with Crippen molar-refractivity contribution in [3.8, 4) is 0 Å². The lowest BCUT2D eigenvalue weighted by Crippen LogP contribution is -2.23. The fourth-order valence-corrected chi connectivity index (χ4v) is 0.941. The molecule has 1 aromatic rings. The molecule has 2 N–H and O–H groups in total. The summed E-state index contributed by atoms with van der Waals surface area (Å²) in [4.78, 5) is 14.3. The maximum Gasteiger partial charge on any atom is 0.404 e. The summed E-state index contributed by atoms with van der Waals surface area (Å²) in [6, 6.07) is 0. The van der Waals surface area contributed by atoms with Crippen molar-refractivity contribution in [1.82, 2.24) is 15.5 Å². The standard InChI is InChI=1S/C9H15N3O3/c1-9(2,3)7-11-6(12-15-7)4-5-10-8(13)14/h10H,4-5H2,1-3H3,(H,13,14). The predicted molar refractivity (Wildman–Crippen MR) is 52.7 cm³/mol. The van der Waals surface area contributed by atoms with E-state index >= 15 is 0 Å². The van der Waals surface area contributed by atoms with Gasteiger partial charge in [0.25, 0.3) is 0 Å². The van der Waals surface area contributed by atoms with Gasteiger partial charge in [-0.15, -0.1) is 0 Å². The molecule has 1 amide bonds. The molecule has 0 radical (unpaired) electrons. The molecule has 0 bridgehead atoms. The predicted octanol–water partition coefficient (Wildman–Crippen LogP) is 1.18. The highest BCUT2D eigenvalue weighted by molar-refractivity contribution is 5.64. The molecule has 6 heteroatoms. The van der Waals surface area contributed by atoms with Crippen LogP contribution in [0.15, 0.2) is 4.52 Å². The SMILES string of the molecule is CC(C)(C)c1nc(CCNC(=O)O)no1. The summed E-state index contributed by atoms with van der Waals surface area (Å²) in [5.74, 6) is 1.08. The topological polar surface area (TPSA) is 88.2 Å². The fourth-order valence-electron chi connectivity index (χ4n) is 0.941. The number of carboxylic acid groups (broad SMARTS) is 1. The molecule has 0 spiro atoms. The van der Waals surface area contributed by atoms with Crippen molar-refractivity contribution in [2.45, 2.75) is 32.6 Å². The van der Waals surface area contributed by atoms with Crippen LogP contribution in [0.2, 0.25) is 0 Å². The van der Waals surface area contributed by atoms with Gasteiger partial charge in [-0.2, -0.15) is 4.98 Å². The molecular formula is C9H15N3O3. The van der Waals surface area contributed by atoms with Gasteiger partial charge in [-0.1, -0.05) is 25.9 Å². The number of aromatic nitrogens is 2. The normalized spacial score (nSPS) is 11.4. The Kier molecular flexibility index (Phi) is 3.28. The summed E-state index contributed by atoms with van der Waals surface area (Å²) in [6.07, 6.45) is -0.610. The third-order valence-electron chi connectivity index (χ3n) is 1.73. The highest BCUT2D eigenvalue weighted by Crippen LogP contribution is 2.19. The first-order valence-corrected chi connectivity index (χ1v) is 4.69. The molecule has 0 fully saturated rings. The van der Waals surface area contributed by atoms with Gasteiger partial charge in [0, 0.05) is 18.4 Å². The number of amides is 1. The van der Waals surface area contributed by atoms with Crippen molar-refractivity contribution in [3.05, 3.63) is 11.7 Å². The van der Waals surface area contributed by atoms with Crippen LogP contribution in [0.1, 0.15) is 32.5 Å². The Morgan fingerprint density at radius 2 is 2.20 bits per heavy atom. The molecule has 0 aliphatic carbocycles. The zero-order chi connectivity index (χ0) is 11.5. The molecule has 0 aliphatic rings. The van der Waals surface area contributed by atoms with Crippen molar-refractivity contribution in [2.75, 3.05) is 6.54 Å². The first kappa shape index (κ1) is 11.5. The van der Waals surface area contributed by atoms with Crippen LogP contribution in [0, 0.1) is 0 Å². The quantitative estimate of drug-likeness (QED) is 0.787. The van der Waals surface area contributed by atoms with Gasteiger partial charge in [0.05, 0.1) is 0 Å². The van der Waals surface area contributed by atoms with Gasteiger partial charge >= 0.3 is 6.09 Å². The first-order chi connectivity index (χ1) is 6.89. The molecule has 1 heterocycles. The van der Waals surface area contributed by atoms with E-state index in [1.165, 1.54) is 0 Å². The van der Waals surface area contributed by atoms with E-state index in [0.29, 0.717) is 24.7 Å². The Hall–Kier alpha value is -1.59. The van der Waals surface area contributed by atoms with Crippen LogP contribution in [-0.2, 0) is 11.8 Å². The molecule has 1 aromatic heterocycles. The molecule has 0 saturated heterocycles. The number of rotatable bonds is 3. The van der Waals surface area contributed by atoms with Gasteiger partial charge in [-0.3, -0.25) is 0 Å². The lowest BCUT2D eigenvalue weighted by molar-refractivity contribution is 0.194. The second-order valence-corrected chi connectivity index (χ2v) is 4.25. The van der Waals surface area contributed by atoms with Crippen molar-refractivity contribution >= 4 is 6.09 Å². The van der Waals surface area contributed by atoms with Gasteiger partial charge in [-0.25, -0.2) is 4.79 Å². The zero-order valence-corrected chi connectivity index (χ0v) is 9.07. The van der Waals surface area contributed by atoms with Gasteiger partial charge in [0.1, 0.15) is 0 Å². The van der Waals surface area contributed by atoms with Crippen molar-refractivity contribution < 1.29 is 14.4 Å². The van der Waals surface area contributed by atoms with E-state index in [2.05, 4.69) is 15.5 Å². The Labute approximate surface area is 87.7 Å². The average molecular weight is 213 g/mol. The maximum atomic E-state index is 10.2. The minimum atomic E-state index is -1.05. The maximum absolute atomic E-state index is 10.2. The van der Waals surface area contributed by atoms with Crippen LogP contribution in [0.4, 0.5) is 4.79 Å². The van der Waals surface area contributed by atoms with Gasteiger partial charge in [-0.05, 0) is 0 Å². The average Bonchev–Trinajstić information content (AvgIpc) is 2.51. The summed E-state index contributed by atoms with van der Waals surface area (Å²) in [5, 5.41) is 14.3. The van der Waals surface area contributed by atoms with E-state index in [1.807, 2.05) is 20.8 Å². The summed E-state index contributed by atoms with van der Waals surface area (Å²) in [6.45, 7) is 6.21. The Morgan fingerprint density at radius 1 is 1.53 bits per heavy atom. The molecule has 0 atom stereocenters. The number of nitrogens with one attached hydrogen (secondary N) is 1. The van der Waals surface area contributed by atoms with Gasteiger partial charge in [0.2, 0.25) is 5.89 Å². The highest BCUT2D eigenvalue weighted by atomic mass is 16.5. The van der Waals surface area contributed by atoms with Crippen LogP contribution in [-0.4, -0.2) is 27.9 Å². The molecule has 0 saturated carbocycles. The molecule has 0 unspecified atom stereocenters. The van der Waals surface area contributed by atoms with Crippen LogP contribution < -0.4 is 5.32 Å². The highest BCUT2D eigenvalue weighted by Gasteiger charge is 2.21. The largest absolute Gasteiger partial charge is 0.465 e. The van der Waals surface area contributed by atoms with E-state index in [9.17, 15) is 4.79 Å². The Morgan fingerprint density at radius 3 is 2.67 bits per heavy atom. The number of nitrogens with zero attached hydrogens (tertiary/aromatic N) is 2. The summed E-state index contributed by atoms with van der Waals surface area (Å²) in [5.41, 5.74) is -0.175. The monoisotopic (exact) mass is 213 g/mol. The third-order valence-corrected chi connectivity index (χ3v) is 1.73. The van der Waals surface area contributed by atoms with Crippen molar-refractivity contribution in [1.29, 1.82) is 0 Å². The van der Waals surface area contributed by atoms with E-state index in [0.717, 1.165) is 0 Å². The molecule has 1 rings (SSSR count). The summed E-state index contributed by atoms with van der Waals surface area (Å²) >= 11 is 0. The van der Waals surface area contributed by atoms with E-state index in [4.69, 9.17) is 9.63 Å². The number of carbonyl (C=O) groups is 1. The lowest BCUT2D eigenvalue weighted by Gasteiger charge is -2.10. The van der Waals surface area contributed by atoms with Crippen molar-refractivity contribution in [2.24, 2.45) is 0 Å². The molecular weight excluding hydrogens is 198 g/mol. The minimum Gasteiger partial charge on any atom is -0.465 e. The minimum absolute atomic E-state index is 0.175. The second kappa shape index (κ2) is 4.29. The van der Waals surface area contributed by atoms with Crippen LogP contribution in [0.25, 0.3) is 0 Å². The van der Waals surface area contributed by atoms with Crippen LogP contribution in [0.5, 0.6) is 0 Å². The Balaban J connectivity index is 2.50. The number of hydrogen-bond donors (Lipinski definition) is 2. The molecule has 6 nitrogen and oxygen atoms in total.